The molecule has 2 atom stereocenters. The van der Waals surface area contributed by atoms with Gasteiger partial charge in [0.05, 0.1) is 41.6 Å². The van der Waals surface area contributed by atoms with E-state index in [1.165, 1.54) is 37.4 Å². The van der Waals surface area contributed by atoms with E-state index in [0.717, 1.165) is 36.7 Å². The van der Waals surface area contributed by atoms with Crippen molar-refractivity contribution in [3.05, 3.63) is 47.8 Å². The second-order valence-electron chi connectivity index (χ2n) is 10.3. The van der Waals surface area contributed by atoms with Crippen molar-refractivity contribution in [3.63, 3.8) is 0 Å². The molecule has 0 saturated carbocycles. The van der Waals surface area contributed by atoms with E-state index >= 15 is 0 Å². The molecule has 1 aliphatic rings. The molecule has 1 saturated heterocycles. The van der Waals surface area contributed by atoms with Gasteiger partial charge in [0.25, 0.3) is 5.91 Å². The highest BCUT2D eigenvalue weighted by molar-refractivity contribution is 7.90. The summed E-state index contributed by atoms with van der Waals surface area (Å²) in [6.07, 6.45) is -1.55. The summed E-state index contributed by atoms with van der Waals surface area (Å²) in [4.78, 5) is 19.8. The van der Waals surface area contributed by atoms with Crippen LogP contribution in [0.3, 0.4) is 0 Å². The predicted molar refractivity (Wildman–Crippen MR) is 150 cm³/mol. The number of carbonyl (C=O) groups is 1. The van der Waals surface area contributed by atoms with Gasteiger partial charge < -0.3 is 24.8 Å². The van der Waals surface area contributed by atoms with Crippen LogP contribution in [0, 0.1) is 17.8 Å². The summed E-state index contributed by atoms with van der Waals surface area (Å²) in [6.45, 7) is 2.49. The van der Waals surface area contributed by atoms with E-state index < -0.39 is 28.5 Å². The minimum absolute atomic E-state index is 0.0675. The monoisotopic (exact) mass is 591 g/mol. The first kappa shape index (κ1) is 30.2. The lowest BCUT2D eigenvalue weighted by molar-refractivity contribution is -0.139. The number of alkyl halides is 3. The number of carbonyl (C=O) groups excluding carboxylic acids is 1. The molecule has 2 heterocycles. The first-order chi connectivity index (χ1) is 19.2. The second kappa shape index (κ2) is 12.0. The van der Waals surface area contributed by atoms with E-state index in [1.807, 2.05) is 14.0 Å². The van der Waals surface area contributed by atoms with Crippen molar-refractivity contribution in [1.29, 1.82) is 0 Å². The molecule has 2 aromatic carbocycles. The third-order valence-corrected chi connectivity index (χ3v) is 8.05. The molecule has 1 amide bonds. The third-order valence-electron chi connectivity index (χ3n) is 6.94. The number of halogens is 3. The predicted octanol–water partition coefficient (Wildman–Crippen LogP) is 3.54. The van der Waals surface area contributed by atoms with Gasteiger partial charge >= 0.3 is 6.18 Å². The van der Waals surface area contributed by atoms with E-state index in [1.54, 1.807) is 0 Å². The Morgan fingerprint density at radius 1 is 1.24 bits per heavy atom. The van der Waals surface area contributed by atoms with Gasteiger partial charge in [0.2, 0.25) is 0 Å². The molecule has 0 radical (unpaired) electrons. The van der Waals surface area contributed by atoms with Crippen LogP contribution < -0.4 is 15.4 Å². The molecule has 1 fully saturated rings. The van der Waals surface area contributed by atoms with Crippen molar-refractivity contribution in [1.82, 2.24) is 19.8 Å². The minimum Gasteiger partial charge on any atom is -0.495 e. The molecule has 2 N–H and O–H groups in total. The lowest BCUT2D eigenvalue weighted by atomic mass is 9.93. The summed E-state index contributed by atoms with van der Waals surface area (Å²) in [5, 5.41) is 6.05. The lowest BCUT2D eigenvalue weighted by Crippen LogP contribution is -2.48. The molecule has 41 heavy (non-hydrogen) atoms. The Bertz CT molecular complexity index is 1610. The molecule has 3 aromatic rings. The minimum atomic E-state index is -4.48. The maximum absolute atomic E-state index is 13.4. The van der Waals surface area contributed by atoms with Crippen molar-refractivity contribution in [3.8, 4) is 17.6 Å². The third kappa shape index (κ3) is 7.51. The average molecular weight is 592 g/mol. The number of hydrogen-bond donors (Lipinski definition) is 2. The average Bonchev–Trinajstić information content (AvgIpc) is 3.28. The molecular formula is C28H32F3N5O4S. The number of imidazole rings is 1. The topological polar surface area (TPSA) is 106 Å². The lowest BCUT2D eigenvalue weighted by Gasteiger charge is -2.35. The fraction of sp³-hybridized carbons (Fsp3) is 0.429. The van der Waals surface area contributed by atoms with Crippen LogP contribution in [0.25, 0.3) is 11.0 Å². The number of nitrogens with zero attached hydrogens (tertiary/aromatic N) is 3. The quantitative estimate of drug-likeness (QED) is 0.405. The van der Waals surface area contributed by atoms with Crippen molar-refractivity contribution in [2.75, 3.05) is 45.4 Å². The maximum Gasteiger partial charge on any atom is 0.406 e. The number of ether oxygens (including phenoxy) is 1. The highest BCUT2D eigenvalue weighted by Gasteiger charge is 2.30. The number of methoxy groups -OCH3 is 1. The van der Waals surface area contributed by atoms with Gasteiger partial charge in [-0.15, -0.1) is 0 Å². The van der Waals surface area contributed by atoms with Gasteiger partial charge in [-0.2, -0.15) is 13.2 Å². The zero-order valence-electron chi connectivity index (χ0n) is 23.2. The van der Waals surface area contributed by atoms with Gasteiger partial charge in [0, 0.05) is 24.4 Å². The zero-order chi connectivity index (χ0) is 29.9. The molecule has 1 aliphatic heterocycles. The van der Waals surface area contributed by atoms with Crippen LogP contribution in [0.15, 0.2) is 41.6 Å². The van der Waals surface area contributed by atoms with Crippen molar-refractivity contribution < 1.29 is 31.1 Å². The van der Waals surface area contributed by atoms with Gasteiger partial charge in [-0.3, -0.25) is 4.79 Å². The largest absolute Gasteiger partial charge is 0.495 e. The van der Waals surface area contributed by atoms with E-state index in [9.17, 15) is 26.4 Å². The molecule has 9 nitrogen and oxygen atoms in total. The van der Waals surface area contributed by atoms with Crippen LogP contribution in [0.1, 0.15) is 29.3 Å². The molecule has 13 heteroatoms. The first-order valence-corrected chi connectivity index (χ1v) is 14.8. The molecule has 0 unspecified atom stereocenters. The summed E-state index contributed by atoms with van der Waals surface area (Å²) in [6, 6.07) is 7.31. The van der Waals surface area contributed by atoms with Crippen LogP contribution in [-0.4, -0.2) is 81.0 Å². The van der Waals surface area contributed by atoms with Crippen LogP contribution in [0.4, 0.5) is 18.9 Å². The summed E-state index contributed by atoms with van der Waals surface area (Å²) in [5.41, 5.74) is 1.20. The molecule has 0 aliphatic carbocycles. The Morgan fingerprint density at radius 2 is 2.00 bits per heavy atom. The number of piperidine rings is 1. The number of hydrogen-bond acceptors (Lipinski definition) is 7. The number of anilines is 1. The van der Waals surface area contributed by atoms with Gasteiger partial charge in [0.15, 0.2) is 9.84 Å². The highest BCUT2D eigenvalue weighted by Crippen LogP contribution is 2.28. The molecule has 220 valence electrons. The first-order valence-electron chi connectivity index (χ1n) is 12.9. The van der Waals surface area contributed by atoms with E-state index in [2.05, 4.69) is 32.4 Å². The second-order valence-corrected chi connectivity index (χ2v) is 12.3. The number of likely N-dealkylation sites (tertiary alicyclic amines) is 1. The van der Waals surface area contributed by atoms with Gasteiger partial charge in [-0.05, 0) is 56.3 Å². The van der Waals surface area contributed by atoms with Crippen LogP contribution in [0.2, 0.25) is 0 Å². The number of fused-ring (bicyclic) bond motifs is 1. The maximum atomic E-state index is 13.4. The van der Waals surface area contributed by atoms with E-state index in [4.69, 9.17) is 4.74 Å². The van der Waals surface area contributed by atoms with Crippen LogP contribution in [0.5, 0.6) is 5.75 Å². The Hall–Kier alpha value is -3.76. The number of amides is 1. The molecular weight excluding hydrogens is 559 g/mol. The number of sulfone groups is 1. The fourth-order valence-corrected chi connectivity index (χ4v) is 5.53. The van der Waals surface area contributed by atoms with Crippen LogP contribution >= 0.6 is 0 Å². The molecule has 4 rings (SSSR count). The van der Waals surface area contributed by atoms with Gasteiger partial charge in [-0.25, -0.2) is 13.4 Å². The van der Waals surface area contributed by atoms with Crippen molar-refractivity contribution in [2.24, 2.45) is 5.92 Å². The summed E-state index contributed by atoms with van der Waals surface area (Å²) >= 11 is 0. The molecule has 0 spiro atoms. The molecule has 1 aromatic heterocycles. The molecule has 0 bridgehead atoms. The summed E-state index contributed by atoms with van der Waals surface area (Å²) < 4.78 is 69.9. The number of rotatable bonds is 7. The smallest absolute Gasteiger partial charge is 0.406 e. The highest BCUT2D eigenvalue weighted by atomic mass is 32.2. The van der Waals surface area contributed by atoms with Gasteiger partial charge in [-0.1, -0.05) is 18.8 Å². The van der Waals surface area contributed by atoms with Gasteiger partial charge in [0.1, 0.15) is 17.8 Å². The van der Waals surface area contributed by atoms with E-state index in [0.29, 0.717) is 17.0 Å². The fourth-order valence-electron chi connectivity index (χ4n) is 4.88. The standard InChI is InChI=1S/C28H32F3N5O4S/c1-18-15-35(2)11-9-22(18)34-27(37)21-12-19(13-24-26(21)33-17-36(24)16-28(29,30)31)6-5-10-32-23-14-20(41(4,38)39)7-8-25(23)40-3/h7-8,12-14,17-18,22,32H,9-11,15-16H2,1-4H3,(H,34,37)/t18-,22-/m0/s1. The Morgan fingerprint density at radius 3 is 2.66 bits per heavy atom. The van der Waals surface area contributed by atoms with E-state index in [-0.39, 0.29) is 40.0 Å². The van der Waals surface area contributed by atoms with Crippen molar-refractivity contribution in [2.45, 2.75) is 37.0 Å². The Labute approximate surface area is 237 Å². The van der Waals surface area contributed by atoms with Crippen molar-refractivity contribution >= 4 is 32.5 Å². The Balaban J connectivity index is 1.63. The summed E-state index contributed by atoms with van der Waals surface area (Å²) in [5.74, 6) is 5.98. The number of nitrogens with one attached hydrogen (secondary N) is 2. The zero-order valence-corrected chi connectivity index (χ0v) is 24.0. The number of benzene rings is 2. The number of aromatic nitrogens is 2. The SMILES string of the molecule is COc1ccc(S(C)(=O)=O)cc1NCC#Cc1cc(C(=O)N[C@H]2CCN(C)C[C@@H]2C)c2ncn(CC(F)(F)F)c2c1. The van der Waals surface area contributed by atoms with Crippen LogP contribution in [-0.2, 0) is 16.4 Å². The Kier molecular flexibility index (Phi) is 8.84. The normalized spacial score (nSPS) is 18.0. The summed E-state index contributed by atoms with van der Waals surface area (Å²) in [7, 11) is 0.0171.